The number of piperidine rings is 2. The van der Waals surface area contributed by atoms with Gasteiger partial charge in [0.05, 0.1) is 6.61 Å². The smallest absolute Gasteiger partial charge is 0.0524 e. The van der Waals surface area contributed by atoms with E-state index < -0.39 is 0 Å². The number of likely N-dealkylation sites (tertiary alicyclic amines) is 2. The SMILES string of the molecule is CC(C)N1CCC2(CCC(CC(C)(C)N3CCC4(CCOC4)CC3)C2)CC1. The van der Waals surface area contributed by atoms with Crippen molar-refractivity contribution in [1.82, 2.24) is 9.80 Å². The van der Waals surface area contributed by atoms with E-state index in [4.69, 9.17) is 4.74 Å². The van der Waals surface area contributed by atoms with Gasteiger partial charge in [-0.3, -0.25) is 4.90 Å². The van der Waals surface area contributed by atoms with E-state index in [2.05, 4.69) is 37.5 Å². The zero-order chi connectivity index (χ0) is 19.1. The number of rotatable bonds is 4. The standard InChI is InChI=1S/C24H44N2O/c1-20(2)25-12-7-23(8-13-25)6-5-21(18-23)17-22(3,4)26-14-9-24(10-15-26)11-16-27-19-24/h20-21H,5-19H2,1-4H3. The maximum absolute atomic E-state index is 5.73. The Balaban J connectivity index is 1.28. The van der Waals surface area contributed by atoms with Gasteiger partial charge in [-0.15, -0.1) is 0 Å². The van der Waals surface area contributed by atoms with Gasteiger partial charge in [-0.05, 0) is 128 Å². The first kappa shape index (κ1) is 20.2. The summed E-state index contributed by atoms with van der Waals surface area (Å²) in [7, 11) is 0. The molecule has 1 aliphatic carbocycles. The first-order valence-corrected chi connectivity index (χ1v) is 11.9. The second kappa shape index (κ2) is 7.61. The van der Waals surface area contributed by atoms with Crippen LogP contribution in [0.2, 0.25) is 0 Å². The molecule has 4 aliphatic rings. The maximum atomic E-state index is 5.73. The average Bonchev–Trinajstić information content (AvgIpc) is 3.23. The first-order valence-electron chi connectivity index (χ1n) is 11.9. The van der Waals surface area contributed by atoms with E-state index in [0.29, 0.717) is 16.4 Å². The molecule has 1 atom stereocenters. The van der Waals surface area contributed by atoms with Crippen LogP contribution in [0.15, 0.2) is 0 Å². The van der Waals surface area contributed by atoms with Crippen LogP contribution in [-0.4, -0.2) is 60.8 Å². The Hall–Kier alpha value is -0.120. The molecule has 0 radical (unpaired) electrons. The average molecular weight is 377 g/mol. The molecule has 156 valence electrons. The molecule has 0 aromatic carbocycles. The van der Waals surface area contributed by atoms with Crippen molar-refractivity contribution in [3.8, 4) is 0 Å². The lowest BCUT2D eigenvalue weighted by Gasteiger charge is -2.47. The van der Waals surface area contributed by atoms with E-state index in [1.165, 1.54) is 84.0 Å². The fraction of sp³-hybridized carbons (Fsp3) is 1.00. The molecule has 0 aromatic heterocycles. The van der Waals surface area contributed by atoms with E-state index in [1.807, 2.05) is 0 Å². The van der Waals surface area contributed by atoms with Crippen molar-refractivity contribution >= 4 is 0 Å². The largest absolute Gasteiger partial charge is 0.381 e. The van der Waals surface area contributed by atoms with Gasteiger partial charge in [0, 0.05) is 18.2 Å². The molecule has 3 nitrogen and oxygen atoms in total. The first-order chi connectivity index (χ1) is 12.8. The van der Waals surface area contributed by atoms with E-state index in [-0.39, 0.29) is 0 Å². The summed E-state index contributed by atoms with van der Waals surface area (Å²) >= 11 is 0. The van der Waals surface area contributed by atoms with Gasteiger partial charge in [0.15, 0.2) is 0 Å². The molecule has 27 heavy (non-hydrogen) atoms. The molecule has 3 heterocycles. The van der Waals surface area contributed by atoms with Gasteiger partial charge in [-0.2, -0.15) is 0 Å². The van der Waals surface area contributed by atoms with Gasteiger partial charge < -0.3 is 9.64 Å². The van der Waals surface area contributed by atoms with Gasteiger partial charge in [-0.1, -0.05) is 0 Å². The predicted molar refractivity (Wildman–Crippen MR) is 113 cm³/mol. The topological polar surface area (TPSA) is 15.7 Å². The third-order valence-corrected chi connectivity index (χ3v) is 9.05. The Morgan fingerprint density at radius 3 is 2.19 bits per heavy atom. The van der Waals surface area contributed by atoms with Crippen LogP contribution in [0.1, 0.15) is 85.5 Å². The third-order valence-electron chi connectivity index (χ3n) is 9.05. The van der Waals surface area contributed by atoms with Crippen molar-refractivity contribution in [3.63, 3.8) is 0 Å². The summed E-state index contributed by atoms with van der Waals surface area (Å²) in [6.45, 7) is 17.1. The van der Waals surface area contributed by atoms with Crippen molar-refractivity contribution in [1.29, 1.82) is 0 Å². The fourth-order valence-corrected chi connectivity index (χ4v) is 6.94. The van der Waals surface area contributed by atoms with Crippen LogP contribution in [-0.2, 0) is 4.74 Å². The minimum absolute atomic E-state index is 0.371. The van der Waals surface area contributed by atoms with Gasteiger partial charge in [0.2, 0.25) is 0 Å². The monoisotopic (exact) mass is 376 g/mol. The quantitative estimate of drug-likeness (QED) is 0.690. The number of nitrogens with zero attached hydrogens (tertiary/aromatic N) is 2. The van der Waals surface area contributed by atoms with Crippen LogP contribution in [0.3, 0.4) is 0 Å². The van der Waals surface area contributed by atoms with Crippen LogP contribution in [0.4, 0.5) is 0 Å². The molecular formula is C24H44N2O. The summed E-state index contributed by atoms with van der Waals surface area (Å²) < 4.78 is 5.73. The lowest BCUT2D eigenvalue weighted by molar-refractivity contribution is 0.0145. The summed E-state index contributed by atoms with van der Waals surface area (Å²) in [4.78, 5) is 5.52. The molecule has 1 unspecified atom stereocenters. The van der Waals surface area contributed by atoms with E-state index in [1.54, 1.807) is 0 Å². The lowest BCUT2D eigenvalue weighted by atomic mass is 9.74. The highest BCUT2D eigenvalue weighted by atomic mass is 16.5. The van der Waals surface area contributed by atoms with Crippen molar-refractivity contribution in [3.05, 3.63) is 0 Å². The summed E-state index contributed by atoms with van der Waals surface area (Å²) in [6.07, 6.45) is 12.8. The molecule has 0 aromatic rings. The van der Waals surface area contributed by atoms with Crippen molar-refractivity contribution < 1.29 is 4.74 Å². The maximum Gasteiger partial charge on any atom is 0.0524 e. The van der Waals surface area contributed by atoms with Crippen LogP contribution in [0.5, 0.6) is 0 Å². The number of ether oxygens (including phenoxy) is 1. The Labute approximate surface area is 168 Å². The van der Waals surface area contributed by atoms with Crippen LogP contribution < -0.4 is 0 Å². The lowest BCUT2D eigenvalue weighted by Crippen LogP contribution is -2.51. The second-order valence-electron chi connectivity index (χ2n) is 11.5. The van der Waals surface area contributed by atoms with E-state index >= 15 is 0 Å². The molecule has 1 saturated carbocycles. The summed E-state index contributed by atoms with van der Waals surface area (Å²) in [5.74, 6) is 0.955. The van der Waals surface area contributed by atoms with Gasteiger partial charge in [-0.25, -0.2) is 0 Å². The summed E-state index contributed by atoms with van der Waals surface area (Å²) in [6, 6.07) is 0.728. The predicted octanol–water partition coefficient (Wildman–Crippen LogP) is 4.95. The minimum atomic E-state index is 0.371. The van der Waals surface area contributed by atoms with Gasteiger partial charge >= 0.3 is 0 Å². The Kier molecular flexibility index (Phi) is 5.68. The Bertz CT molecular complexity index is 491. The van der Waals surface area contributed by atoms with Crippen LogP contribution >= 0.6 is 0 Å². The zero-order valence-electron chi connectivity index (χ0n) is 18.6. The molecule has 2 spiro atoms. The second-order valence-corrected chi connectivity index (χ2v) is 11.5. The molecule has 3 heteroatoms. The number of hydrogen-bond acceptors (Lipinski definition) is 3. The van der Waals surface area contributed by atoms with Crippen LogP contribution in [0.25, 0.3) is 0 Å². The van der Waals surface area contributed by atoms with Crippen molar-refractivity contribution in [2.75, 3.05) is 39.4 Å². The van der Waals surface area contributed by atoms with Crippen molar-refractivity contribution in [2.45, 2.75) is 97.1 Å². The molecule has 4 fully saturated rings. The summed E-state index contributed by atoms with van der Waals surface area (Å²) in [5.41, 5.74) is 1.60. The van der Waals surface area contributed by atoms with Crippen LogP contribution in [0, 0.1) is 16.7 Å². The molecular weight excluding hydrogens is 332 g/mol. The zero-order valence-corrected chi connectivity index (χ0v) is 18.6. The van der Waals surface area contributed by atoms with E-state index in [9.17, 15) is 0 Å². The Morgan fingerprint density at radius 2 is 1.59 bits per heavy atom. The highest BCUT2D eigenvalue weighted by molar-refractivity contribution is 4.98. The molecule has 0 N–H and O–H groups in total. The van der Waals surface area contributed by atoms with E-state index in [0.717, 1.165) is 25.2 Å². The molecule has 0 amide bonds. The summed E-state index contributed by atoms with van der Waals surface area (Å²) in [5, 5.41) is 0. The normalized spacial score (nSPS) is 32.1. The molecule has 3 saturated heterocycles. The Morgan fingerprint density at radius 1 is 0.926 bits per heavy atom. The number of hydrogen-bond donors (Lipinski definition) is 0. The van der Waals surface area contributed by atoms with Crippen molar-refractivity contribution in [2.24, 2.45) is 16.7 Å². The molecule has 4 rings (SSSR count). The highest BCUT2D eigenvalue weighted by Crippen LogP contribution is 2.51. The van der Waals surface area contributed by atoms with Gasteiger partial charge in [0.25, 0.3) is 0 Å². The molecule has 0 bridgehead atoms. The highest BCUT2D eigenvalue weighted by Gasteiger charge is 2.45. The van der Waals surface area contributed by atoms with Gasteiger partial charge in [0.1, 0.15) is 0 Å². The molecule has 3 aliphatic heterocycles. The fourth-order valence-electron chi connectivity index (χ4n) is 6.94. The third kappa shape index (κ3) is 4.26. The minimum Gasteiger partial charge on any atom is -0.381 e.